The van der Waals surface area contributed by atoms with Crippen molar-refractivity contribution in [3.63, 3.8) is 0 Å². The molecule has 0 radical (unpaired) electrons. The Bertz CT molecular complexity index is 5090. The van der Waals surface area contributed by atoms with Crippen molar-refractivity contribution in [1.82, 2.24) is 18.3 Å². The zero-order valence-electron chi connectivity index (χ0n) is 43.6. The monoisotopic (exact) mass is 1030 g/mol. The van der Waals surface area contributed by atoms with Gasteiger partial charge in [0.2, 0.25) is 5.69 Å². The lowest BCUT2D eigenvalue weighted by Gasteiger charge is -2.34. The summed E-state index contributed by atoms with van der Waals surface area (Å²) in [6, 6.07) is 98.1. The third-order valence-electron chi connectivity index (χ3n) is 17.5. The maximum Gasteiger partial charge on any atom is 0.237 e. The van der Waals surface area contributed by atoms with Crippen LogP contribution in [0.1, 0.15) is 27.8 Å². The number of rotatable bonds is 6. The van der Waals surface area contributed by atoms with E-state index in [1.165, 1.54) is 22.3 Å². The van der Waals surface area contributed by atoms with E-state index in [4.69, 9.17) is 4.85 Å². The predicted octanol–water partition coefficient (Wildman–Crippen LogP) is 18.9. The number of para-hydroxylation sites is 7. The molecule has 6 nitrogen and oxygen atoms in total. The minimum atomic E-state index is -0.650. The fourth-order valence-electron chi connectivity index (χ4n) is 14.4. The van der Waals surface area contributed by atoms with E-state index in [9.17, 15) is 11.8 Å². The molecule has 0 saturated carbocycles. The summed E-state index contributed by atoms with van der Waals surface area (Å²) in [4.78, 5) is 4.84. The van der Waals surface area contributed by atoms with Gasteiger partial charge in [0.15, 0.2) is 0 Å². The van der Waals surface area contributed by atoms with Gasteiger partial charge in [-0.05, 0) is 88.0 Å². The smallest absolute Gasteiger partial charge is 0.237 e. The highest BCUT2D eigenvalue weighted by Crippen LogP contribution is 2.59. The van der Waals surface area contributed by atoms with E-state index in [2.05, 4.69) is 291 Å². The van der Waals surface area contributed by atoms with Crippen LogP contribution in [0.4, 0.5) is 5.69 Å². The first-order valence-corrected chi connectivity index (χ1v) is 27.4. The summed E-state index contributed by atoms with van der Waals surface area (Å²) >= 11 is 0. The topological polar surface area (TPSA) is 47.9 Å². The number of fused-ring (bicyclic) bond motifs is 15. The molecule has 0 aliphatic heterocycles. The van der Waals surface area contributed by atoms with E-state index < -0.39 is 5.41 Å². The molecule has 374 valence electrons. The zero-order valence-corrected chi connectivity index (χ0v) is 43.6. The molecule has 0 bridgehead atoms. The van der Waals surface area contributed by atoms with Gasteiger partial charge in [-0.25, -0.2) is 4.85 Å². The minimum Gasteiger partial charge on any atom is -0.317 e. The van der Waals surface area contributed by atoms with Crippen molar-refractivity contribution in [3.8, 4) is 39.9 Å². The Balaban J connectivity index is 1.14. The van der Waals surface area contributed by atoms with Gasteiger partial charge in [0, 0.05) is 43.1 Å². The number of benzene rings is 12. The van der Waals surface area contributed by atoms with Gasteiger partial charge in [-0.1, -0.05) is 212 Å². The normalized spacial score (nSPS) is 12.8. The van der Waals surface area contributed by atoms with E-state index in [0.717, 1.165) is 104 Å². The van der Waals surface area contributed by atoms with Crippen LogP contribution in [-0.2, 0) is 5.41 Å². The summed E-state index contributed by atoms with van der Waals surface area (Å²) in [6.07, 6.45) is 0. The number of hydrogen-bond acceptors (Lipinski definition) is 1. The van der Waals surface area contributed by atoms with Crippen molar-refractivity contribution in [2.24, 2.45) is 0 Å². The summed E-state index contributed by atoms with van der Waals surface area (Å²) in [7, 11) is 0. The van der Waals surface area contributed by atoms with Crippen LogP contribution < -0.4 is 0 Å². The highest BCUT2D eigenvalue weighted by atomic mass is 15.1. The highest BCUT2D eigenvalue weighted by molar-refractivity contribution is 6.17. The predicted molar refractivity (Wildman–Crippen MR) is 332 cm³/mol. The largest absolute Gasteiger partial charge is 0.317 e. The molecule has 0 unspecified atom stereocenters. The minimum absolute atomic E-state index is 0.353. The summed E-state index contributed by atoms with van der Waals surface area (Å²) < 4.78 is 9.22. The Morgan fingerprint density at radius 1 is 0.309 bits per heavy atom. The lowest BCUT2D eigenvalue weighted by atomic mass is 9.67. The fourth-order valence-corrected chi connectivity index (χ4v) is 14.4. The molecule has 16 aromatic rings. The Labute approximate surface area is 465 Å². The van der Waals surface area contributed by atoms with Crippen LogP contribution in [0.3, 0.4) is 0 Å². The maximum absolute atomic E-state index is 12.7. The third kappa shape index (κ3) is 5.87. The van der Waals surface area contributed by atoms with Crippen LogP contribution in [0.15, 0.2) is 267 Å². The van der Waals surface area contributed by atoms with Crippen LogP contribution in [0.25, 0.3) is 126 Å². The molecule has 0 fully saturated rings. The van der Waals surface area contributed by atoms with Crippen molar-refractivity contribution >= 4 is 92.9 Å². The van der Waals surface area contributed by atoms with E-state index in [1.807, 2.05) is 0 Å². The molecule has 1 aliphatic rings. The molecule has 0 spiro atoms. The van der Waals surface area contributed by atoms with E-state index in [0.29, 0.717) is 28.3 Å². The van der Waals surface area contributed by atoms with Crippen LogP contribution in [-0.4, -0.2) is 18.3 Å². The summed E-state index contributed by atoms with van der Waals surface area (Å²) in [5.41, 5.74) is 17.1. The molecule has 6 heteroatoms. The van der Waals surface area contributed by atoms with Gasteiger partial charge >= 0.3 is 0 Å². The SMILES string of the molecule is [C-]#[N+]c1c(-n2c3ccccc3c3cc4c(cc32)-c2ccccc2C4(c2ccccc2)c2ccccc2)c(C#N)c(-n2c3ccccc3c3ccccc32)c(-n2c3ccccc3c3ccccc32)c1-n1c2ccccc2c2ccccc21. The molecule has 81 heavy (non-hydrogen) atoms. The zero-order chi connectivity index (χ0) is 53.5. The van der Waals surface area contributed by atoms with Crippen molar-refractivity contribution < 1.29 is 0 Å². The maximum atomic E-state index is 12.7. The fraction of sp³-hybridized carbons (Fsp3) is 0.0133. The molecule has 4 heterocycles. The number of nitrogens with zero attached hydrogens (tertiary/aromatic N) is 6. The standard InChI is InChI=1S/C75H44N6/c1-77-70-71(81-68-43-23-15-35-56(68)58-44-61-57(45-69(58)81)49-28-8-16-36-60(49)75(61,47-24-4-2-5-25-47)48-26-6-3-7-27-48)59(46-76)72(78-62-37-17-9-29-50(62)51-30-10-18-38-63(51)78)74(80-66-41-21-13-33-54(66)55-34-14-22-42-67(55)80)73(70)79-64-39-19-11-31-52(64)53-32-12-20-40-65(53)79/h2-45H. The molecule has 1 aliphatic carbocycles. The molecule has 12 aromatic carbocycles. The van der Waals surface area contributed by atoms with Gasteiger partial charge < -0.3 is 18.3 Å². The van der Waals surface area contributed by atoms with E-state index in [-0.39, 0.29) is 0 Å². The Morgan fingerprint density at radius 2 is 0.654 bits per heavy atom. The quantitative estimate of drug-likeness (QED) is 0.153. The molecular formula is C75H44N6. The molecule has 0 N–H and O–H groups in total. The lowest BCUT2D eigenvalue weighted by molar-refractivity contribution is 0.769. The number of hydrogen-bond donors (Lipinski definition) is 0. The molecule has 17 rings (SSSR count). The van der Waals surface area contributed by atoms with Crippen LogP contribution >= 0.6 is 0 Å². The van der Waals surface area contributed by atoms with Crippen LogP contribution in [0.5, 0.6) is 0 Å². The third-order valence-corrected chi connectivity index (χ3v) is 17.5. The second kappa shape index (κ2) is 16.9. The Morgan fingerprint density at radius 3 is 1.07 bits per heavy atom. The summed E-state index contributed by atoms with van der Waals surface area (Å²) in [5.74, 6) is 0. The average Bonchev–Trinajstić information content (AvgIpc) is 2.82. The first-order chi connectivity index (χ1) is 40.2. The van der Waals surface area contributed by atoms with E-state index >= 15 is 0 Å². The second-order valence-corrected chi connectivity index (χ2v) is 21.2. The van der Waals surface area contributed by atoms with Crippen molar-refractivity contribution in [2.75, 3.05) is 0 Å². The van der Waals surface area contributed by atoms with Crippen molar-refractivity contribution in [3.05, 3.63) is 306 Å². The summed E-state index contributed by atoms with van der Waals surface area (Å²) in [5, 5.41) is 21.2. The van der Waals surface area contributed by atoms with Gasteiger partial charge in [0.05, 0.1) is 84.4 Å². The van der Waals surface area contributed by atoms with Gasteiger partial charge in [-0.15, -0.1) is 0 Å². The number of nitriles is 1. The molecule has 4 aromatic heterocycles. The lowest BCUT2D eigenvalue weighted by Crippen LogP contribution is -2.28. The van der Waals surface area contributed by atoms with Crippen LogP contribution in [0.2, 0.25) is 0 Å². The average molecular weight is 1030 g/mol. The molecule has 0 amide bonds. The molecule has 0 saturated heterocycles. The second-order valence-electron chi connectivity index (χ2n) is 21.2. The number of aromatic nitrogens is 4. The van der Waals surface area contributed by atoms with Gasteiger partial charge in [0.1, 0.15) is 6.07 Å². The summed E-state index contributed by atoms with van der Waals surface area (Å²) in [6.45, 7) is 9.92. The van der Waals surface area contributed by atoms with Crippen molar-refractivity contribution in [2.45, 2.75) is 5.41 Å². The van der Waals surface area contributed by atoms with E-state index in [1.54, 1.807) is 0 Å². The Hall–Kier alpha value is -11.2. The van der Waals surface area contributed by atoms with Gasteiger partial charge in [0.25, 0.3) is 0 Å². The molecule has 0 atom stereocenters. The van der Waals surface area contributed by atoms with Gasteiger partial charge in [-0.2, -0.15) is 5.26 Å². The molecular weight excluding hydrogens is 985 g/mol. The first kappa shape index (κ1) is 44.9. The van der Waals surface area contributed by atoms with Gasteiger partial charge in [-0.3, -0.25) is 0 Å². The Kier molecular flexibility index (Phi) is 9.37. The highest BCUT2D eigenvalue weighted by Gasteiger charge is 2.47. The van der Waals surface area contributed by atoms with Crippen molar-refractivity contribution in [1.29, 1.82) is 5.26 Å². The first-order valence-electron chi connectivity index (χ1n) is 27.4. The van der Waals surface area contributed by atoms with Crippen LogP contribution in [0, 0.1) is 17.9 Å².